The molecule has 0 N–H and O–H groups in total. The molecule has 100 valence electrons. The van der Waals surface area contributed by atoms with Gasteiger partial charge in [-0.3, -0.25) is 9.69 Å². The van der Waals surface area contributed by atoms with Crippen LogP contribution in [-0.4, -0.2) is 42.0 Å². The Morgan fingerprint density at radius 2 is 2.00 bits per heavy atom. The average Bonchev–Trinajstić information content (AvgIpc) is 2.57. The van der Waals surface area contributed by atoms with Crippen LogP contribution < -0.4 is 4.74 Å². The molecular formula is C13H13BrN2O2S. The summed E-state index contributed by atoms with van der Waals surface area (Å²) in [6.07, 6.45) is 1.81. The Morgan fingerprint density at radius 3 is 2.47 bits per heavy atom. The molecule has 1 fully saturated rings. The number of halogens is 1. The van der Waals surface area contributed by atoms with E-state index in [0.717, 1.165) is 15.8 Å². The molecular weight excluding hydrogens is 328 g/mol. The second-order valence-corrected chi connectivity index (χ2v) is 5.35. The summed E-state index contributed by atoms with van der Waals surface area (Å²) in [4.78, 5) is 15.2. The van der Waals surface area contributed by atoms with Crippen molar-refractivity contribution in [2.45, 2.75) is 0 Å². The second-order valence-electron chi connectivity index (χ2n) is 4.13. The van der Waals surface area contributed by atoms with Gasteiger partial charge in [-0.15, -0.1) is 0 Å². The predicted molar refractivity (Wildman–Crippen MR) is 81.8 cm³/mol. The van der Waals surface area contributed by atoms with Gasteiger partial charge in [0.1, 0.15) is 11.4 Å². The highest BCUT2D eigenvalue weighted by atomic mass is 79.9. The molecule has 0 bridgehead atoms. The van der Waals surface area contributed by atoms with Crippen LogP contribution in [0.3, 0.4) is 0 Å². The zero-order valence-corrected chi connectivity index (χ0v) is 13.2. The Labute approximate surface area is 125 Å². The first-order valence-electron chi connectivity index (χ1n) is 5.56. The van der Waals surface area contributed by atoms with E-state index < -0.39 is 0 Å². The second kappa shape index (κ2) is 5.30. The van der Waals surface area contributed by atoms with Crippen molar-refractivity contribution in [3.8, 4) is 5.75 Å². The van der Waals surface area contributed by atoms with Crippen molar-refractivity contribution in [2.24, 2.45) is 0 Å². The molecule has 4 nitrogen and oxygen atoms in total. The Morgan fingerprint density at radius 1 is 1.32 bits per heavy atom. The van der Waals surface area contributed by atoms with Crippen LogP contribution in [0.5, 0.6) is 5.75 Å². The van der Waals surface area contributed by atoms with Crippen LogP contribution in [0.25, 0.3) is 6.08 Å². The number of carbonyl (C=O) groups is 1. The van der Waals surface area contributed by atoms with Crippen molar-refractivity contribution >= 4 is 45.2 Å². The first-order valence-corrected chi connectivity index (χ1v) is 6.77. The van der Waals surface area contributed by atoms with Crippen molar-refractivity contribution in [1.29, 1.82) is 0 Å². The highest BCUT2D eigenvalue weighted by Crippen LogP contribution is 2.28. The van der Waals surface area contributed by atoms with E-state index in [1.165, 1.54) is 4.90 Å². The van der Waals surface area contributed by atoms with Crippen LogP contribution in [0, 0.1) is 0 Å². The molecule has 0 aliphatic carbocycles. The van der Waals surface area contributed by atoms with Crippen LogP contribution in [0.4, 0.5) is 0 Å². The van der Waals surface area contributed by atoms with Gasteiger partial charge in [0.15, 0.2) is 5.11 Å². The number of thiocarbonyl (C=S) groups is 1. The van der Waals surface area contributed by atoms with Gasteiger partial charge in [0.25, 0.3) is 5.91 Å². The van der Waals surface area contributed by atoms with Gasteiger partial charge in [0, 0.05) is 14.1 Å². The van der Waals surface area contributed by atoms with Gasteiger partial charge in [0.2, 0.25) is 0 Å². The van der Waals surface area contributed by atoms with E-state index in [2.05, 4.69) is 15.9 Å². The minimum Gasteiger partial charge on any atom is -0.496 e. The number of methoxy groups -OCH3 is 1. The fraction of sp³-hybridized carbons (Fsp3) is 0.231. The topological polar surface area (TPSA) is 32.8 Å². The van der Waals surface area contributed by atoms with E-state index in [1.807, 2.05) is 24.3 Å². The fourth-order valence-electron chi connectivity index (χ4n) is 1.82. The molecule has 0 unspecified atom stereocenters. The van der Waals surface area contributed by atoms with E-state index in [9.17, 15) is 4.79 Å². The van der Waals surface area contributed by atoms with Crippen LogP contribution in [0.15, 0.2) is 28.4 Å². The molecule has 19 heavy (non-hydrogen) atoms. The van der Waals surface area contributed by atoms with Crippen molar-refractivity contribution in [3.63, 3.8) is 0 Å². The molecule has 1 aliphatic heterocycles. The minimum absolute atomic E-state index is 0.0977. The smallest absolute Gasteiger partial charge is 0.276 e. The van der Waals surface area contributed by atoms with E-state index in [4.69, 9.17) is 17.0 Å². The molecule has 1 aromatic carbocycles. The van der Waals surface area contributed by atoms with Gasteiger partial charge in [-0.05, 0) is 51.9 Å². The maximum absolute atomic E-state index is 12.0. The van der Waals surface area contributed by atoms with Crippen molar-refractivity contribution < 1.29 is 9.53 Å². The molecule has 1 saturated heterocycles. The average molecular weight is 341 g/mol. The zero-order valence-electron chi connectivity index (χ0n) is 10.8. The Bertz CT molecular complexity index is 586. The summed E-state index contributed by atoms with van der Waals surface area (Å²) in [6, 6.07) is 5.63. The molecule has 0 atom stereocenters. The minimum atomic E-state index is -0.0977. The summed E-state index contributed by atoms with van der Waals surface area (Å²) >= 11 is 8.58. The normalized spacial score (nSPS) is 17.6. The van der Waals surface area contributed by atoms with Gasteiger partial charge < -0.3 is 9.64 Å². The standard InChI is InChI=1S/C13H13BrN2O2S/c1-15-10(12(17)16(2)13(15)19)7-8-4-5-11(18-3)9(14)6-8/h4-7H,1-3H3. The van der Waals surface area contributed by atoms with Crippen LogP contribution in [0.2, 0.25) is 0 Å². The number of hydrogen-bond acceptors (Lipinski definition) is 3. The van der Waals surface area contributed by atoms with Crippen LogP contribution >= 0.6 is 28.1 Å². The van der Waals surface area contributed by atoms with Gasteiger partial charge >= 0.3 is 0 Å². The Hall–Kier alpha value is -1.40. The van der Waals surface area contributed by atoms with Crippen LogP contribution in [-0.2, 0) is 4.79 Å². The van der Waals surface area contributed by atoms with Gasteiger partial charge in [-0.2, -0.15) is 0 Å². The number of carbonyl (C=O) groups excluding carboxylic acids is 1. The lowest BCUT2D eigenvalue weighted by Crippen LogP contribution is -2.26. The number of benzene rings is 1. The maximum Gasteiger partial charge on any atom is 0.276 e. The zero-order chi connectivity index (χ0) is 14.2. The molecule has 0 radical (unpaired) electrons. The van der Waals surface area contributed by atoms with Crippen molar-refractivity contribution in [2.75, 3.05) is 21.2 Å². The summed E-state index contributed by atoms with van der Waals surface area (Å²) in [7, 11) is 5.07. The summed E-state index contributed by atoms with van der Waals surface area (Å²) in [5.74, 6) is 0.653. The summed E-state index contributed by atoms with van der Waals surface area (Å²) in [6.45, 7) is 0. The third-order valence-electron chi connectivity index (χ3n) is 2.94. The Kier molecular flexibility index (Phi) is 3.91. The number of nitrogens with zero attached hydrogens (tertiary/aromatic N) is 2. The lowest BCUT2D eigenvalue weighted by Gasteiger charge is -2.11. The lowest BCUT2D eigenvalue weighted by atomic mass is 10.2. The van der Waals surface area contributed by atoms with Crippen LogP contribution in [0.1, 0.15) is 5.56 Å². The number of hydrogen-bond donors (Lipinski definition) is 0. The predicted octanol–water partition coefficient (Wildman–Crippen LogP) is 2.49. The number of likely N-dealkylation sites (N-methyl/N-ethyl adjacent to an activating group) is 2. The number of amides is 1. The molecule has 1 aliphatic rings. The van der Waals surface area contributed by atoms with Crippen molar-refractivity contribution in [1.82, 2.24) is 9.80 Å². The van der Waals surface area contributed by atoms with Crippen molar-refractivity contribution in [3.05, 3.63) is 33.9 Å². The lowest BCUT2D eigenvalue weighted by molar-refractivity contribution is -0.121. The summed E-state index contributed by atoms with van der Waals surface area (Å²) < 4.78 is 6.01. The Balaban J connectivity index is 2.39. The highest BCUT2D eigenvalue weighted by Gasteiger charge is 2.32. The largest absolute Gasteiger partial charge is 0.496 e. The molecule has 6 heteroatoms. The number of rotatable bonds is 2. The van der Waals surface area contributed by atoms with E-state index in [0.29, 0.717) is 10.8 Å². The first-order chi connectivity index (χ1) is 8.95. The summed E-state index contributed by atoms with van der Waals surface area (Å²) in [5, 5.41) is 0.504. The number of ether oxygens (including phenoxy) is 1. The van der Waals surface area contributed by atoms with Gasteiger partial charge in [0.05, 0.1) is 11.6 Å². The SMILES string of the molecule is COc1ccc(C=C2C(=O)N(C)C(=S)N2C)cc1Br. The quantitative estimate of drug-likeness (QED) is 0.611. The molecule has 2 rings (SSSR count). The van der Waals surface area contributed by atoms with E-state index in [1.54, 1.807) is 26.1 Å². The van der Waals surface area contributed by atoms with E-state index in [-0.39, 0.29) is 5.91 Å². The monoisotopic (exact) mass is 340 g/mol. The maximum atomic E-state index is 12.0. The first kappa shape index (κ1) is 14.0. The molecule has 1 aromatic rings. The summed E-state index contributed by atoms with van der Waals surface area (Å²) in [5.41, 5.74) is 1.46. The molecule has 0 saturated carbocycles. The van der Waals surface area contributed by atoms with Gasteiger partial charge in [-0.25, -0.2) is 0 Å². The molecule has 0 spiro atoms. The van der Waals surface area contributed by atoms with Gasteiger partial charge in [-0.1, -0.05) is 6.07 Å². The highest BCUT2D eigenvalue weighted by molar-refractivity contribution is 9.10. The molecule has 1 heterocycles. The third-order valence-corrected chi connectivity index (χ3v) is 4.11. The van der Waals surface area contributed by atoms with E-state index >= 15 is 0 Å². The molecule has 0 aromatic heterocycles. The fourth-order valence-corrected chi connectivity index (χ4v) is 2.56. The third kappa shape index (κ3) is 2.50. The molecule has 1 amide bonds.